The SMILES string of the molecule is N[C@H](Cc1c[nH]c2ccccc12)C(=O)OC[C@@H](O)CC1OC(O)(C(=O)O)CC(O)C1[C@@H](N)O. The van der Waals surface area contributed by atoms with Crippen molar-refractivity contribution < 1.29 is 44.6 Å². The Hall–Kier alpha value is -2.58. The molecule has 3 rings (SSSR count). The van der Waals surface area contributed by atoms with Crippen LogP contribution in [0.2, 0.25) is 0 Å². The van der Waals surface area contributed by atoms with Gasteiger partial charge >= 0.3 is 11.9 Å². The lowest BCUT2D eigenvalue weighted by Crippen LogP contribution is -2.60. The van der Waals surface area contributed by atoms with E-state index >= 15 is 0 Å². The van der Waals surface area contributed by atoms with Crippen molar-refractivity contribution in [1.29, 1.82) is 0 Å². The zero-order valence-corrected chi connectivity index (χ0v) is 17.7. The molecule has 1 aliphatic heterocycles. The van der Waals surface area contributed by atoms with Crippen LogP contribution in [0.25, 0.3) is 10.9 Å². The quantitative estimate of drug-likeness (QED) is 0.151. The number of ether oxygens (including phenoxy) is 2. The maximum Gasteiger partial charge on any atom is 0.364 e. The van der Waals surface area contributed by atoms with Gasteiger partial charge in [0.15, 0.2) is 0 Å². The lowest BCUT2D eigenvalue weighted by atomic mass is 9.83. The summed E-state index contributed by atoms with van der Waals surface area (Å²) in [6, 6.07) is 6.52. The maximum absolute atomic E-state index is 12.3. The fourth-order valence-corrected chi connectivity index (χ4v) is 4.08. The van der Waals surface area contributed by atoms with Gasteiger partial charge in [-0.3, -0.25) is 4.79 Å². The topological polar surface area (TPSA) is 222 Å². The molecule has 1 aromatic carbocycles. The van der Waals surface area contributed by atoms with Crippen molar-refractivity contribution in [2.75, 3.05) is 6.61 Å². The lowest BCUT2D eigenvalue weighted by molar-refractivity contribution is -0.296. The summed E-state index contributed by atoms with van der Waals surface area (Å²) in [6.45, 7) is -0.505. The molecule has 12 heteroatoms. The number of carbonyl (C=O) groups is 2. The summed E-state index contributed by atoms with van der Waals surface area (Å²) < 4.78 is 10.2. The summed E-state index contributed by atoms with van der Waals surface area (Å²) in [4.78, 5) is 26.7. The highest BCUT2D eigenvalue weighted by atomic mass is 16.7. The average molecular weight is 467 g/mol. The molecular formula is C21H29N3O9. The van der Waals surface area contributed by atoms with Gasteiger partial charge in [0.05, 0.1) is 24.2 Å². The van der Waals surface area contributed by atoms with Gasteiger partial charge in [-0.25, -0.2) is 4.79 Å². The van der Waals surface area contributed by atoms with E-state index in [1.54, 1.807) is 6.20 Å². The van der Waals surface area contributed by atoms with E-state index < -0.39 is 67.3 Å². The number of hydrogen-bond donors (Lipinski definition) is 8. The van der Waals surface area contributed by atoms with Crippen molar-refractivity contribution in [3.05, 3.63) is 36.0 Å². The molecule has 0 radical (unpaired) electrons. The number of rotatable bonds is 9. The zero-order chi connectivity index (χ0) is 24.3. The molecule has 1 saturated heterocycles. The number of aliphatic hydroxyl groups is 4. The lowest BCUT2D eigenvalue weighted by Gasteiger charge is -2.43. The molecule has 33 heavy (non-hydrogen) atoms. The van der Waals surface area contributed by atoms with Gasteiger partial charge < -0.3 is 51.5 Å². The number of aliphatic carboxylic acids is 1. The number of aliphatic hydroxyl groups excluding tert-OH is 3. The molecular weight excluding hydrogens is 438 g/mol. The molecule has 0 amide bonds. The first-order valence-corrected chi connectivity index (χ1v) is 10.4. The number of carboxylic acids is 1. The van der Waals surface area contributed by atoms with Crippen LogP contribution in [0.4, 0.5) is 0 Å². The van der Waals surface area contributed by atoms with Gasteiger partial charge in [-0.1, -0.05) is 18.2 Å². The Morgan fingerprint density at radius 3 is 2.64 bits per heavy atom. The first-order valence-electron chi connectivity index (χ1n) is 10.4. The first kappa shape index (κ1) is 25.1. The zero-order valence-electron chi connectivity index (χ0n) is 17.7. The summed E-state index contributed by atoms with van der Waals surface area (Å²) in [5.74, 6) is -6.39. The smallest absolute Gasteiger partial charge is 0.364 e. The summed E-state index contributed by atoms with van der Waals surface area (Å²) in [5.41, 5.74) is 13.1. The number of carbonyl (C=O) groups excluding carboxylic acids is 1. The highest BCUT2D eigenvalue weighted by Gasteiger charge is 2.52. The van der Waals surface area contributed by atoms with Crippen LogP contribution in [-0.2, 0) is 25.5 Å². The molecule has 12 nitrogen and oxygen atoms in total. The number of para-hydroxylation sites is 1. The second kappa shape index (κ2) is 10.1. The van der Waals surface area contributed by atoms with Crippen LogP contribution in [0.15, 0.2) is 30.5 Å². The Balaban J connectivity index is 1.57. The van der Waals surface area contributed by atoms with Gasteiger partial charge in [0, 0.05) is 36.4 Å². The number of nitrogens with one attached hydrogen (secondary N) is 1. The Morgan fingerprint density at radius 2 is 1.97 bits per heavy atom. The highest BCUT2D eigenvalue weighted by Crippen LogP contribution is 2.35. The molecule has 4 unspecified atom stereocenters. The van der Waals surface area contributed by atoms with Gasteiger partial charge in [-0.2, -0.15) is 0 Å². The molecule has 1 aromatic heterocycles. The van der Waals surface area contributed by atoms with Crippen LogP contribution in [0.3, 0.4) is 0 Å². The van der Waals surface area contributed by atoms with E-state index in [9.17, 15) is 35.1 Å². The van der Waals surface area contributed by atoms with Crippen molar-refractivity contribution in [2.24, 2.45) is 17.4 Å². The second-order valence-corrected chi connectivity index (χ2v) is 8.27. The van der Waals surface area contributed by atoms with Crippen LogP contribution in [0.1, 0.15) is 18.4 Å². The molecule has 0 bridgehead atoms. The van der Waals surface area contributed by atoms with Crippen molar-refractivity contribution in [1.82, 2.24) is 4.98 Å². The van der Waals surface area contributed by atoms with Crippen molar-refractivity contribution in [2.45, 2.75) is 55.6 Å². The molecule has 0 spiro atoms. The Morgan fingerprint density at radius 1 is 1.27 bits per heavy atom. The number of carboxylic acid groups (broad SMARTS) is 1. The third-order valence-corrected chi connectivity index (χ3v) is 5.77. The minimum Gasteiger partial charge on any atom is -0.477 e. The van der Waals surface area contributed by atoms with E-state index in [1.807, 2.05) is 24.3 Å². The van der Waals surface area contributed by atoms with E-state index in [2.05, 4.69) is 4.98 Å². The predicted octanol–water partition coefficient (Wildman–Crippen LogP) is -1.85. The van der Waals surface area contributed by atoms with Crippen molar-refractivity contribution in [3.8, 4) is 0 Å². The number of hydrogen-bond acceptors (Lipinski definition) is 10. The summed E-state index contributed by atoms with van der Waals surface area (Å²) in [5, 5.41) is 50.4. The van der Waals surface area contributed by atoms with Crippen LogP contribution in [-0.4, -0.2) is 85.4 Å². The largest absolute Gasteiger partial charge is 0.477 e. The van der Waals surface area contributed by atoms with Crippen LogP contribution in [0.5, 0.6) is 0 Å². The highest BCUT2D eigenvalue weighted by molar-refractivity contribution is 5.84. The molecule has 2 aromatic rings. The molecule has 10 N–H and O–H groups in total. The maximum atomic E-state index is 12.3. The fraction of sp³-hybridized carbons (Fsp3) is 0.524. The minimum atomic E-state index is -2.71. The van der Waals surface area contributed by atoms with Gasteiger partial charge in [0.2, 0.25) is 0 Å². The number of aromatic nitrogens is 1. The molecule has 0 saturated carbocycles. The van der Waals surface area contributed by atoms with E-state index in [-0.39, 0.29) is 12.8 Å². The van der Waals surface area contributed by atoms with E-state index in [0.29, 0.717) is 0 Å². The number of nitrogens with two attached hydrogens (primary N) is 2. The third-order valence-electron chi connectivity index (χ3n) is 5.77. The molecule has 7 atom stereocenters. The van der Waals surface area contributed by atoms with Gasteiger partial charge in [0.1, 0.15) is 18.9 Å². The van der Waals surface area contributed by atoms with Crippen LogP contribution in [0, 0.1) is 5.92 Å². The molecule has 1 fully saturated rings. The summed E-state index contributed by atoms with van der Waals surface area (Å²) >= 11 is 0. The summed E-state index contributed by atoms with van der Waals surface area (Å²) in [7, 11) is 0. The van der Waals surface area contributed by atoms with E-state index in [1.165, 1.54) is 0 Å². The Bertz CT molecular complexity index is 981. The number of H-pyrrole nitrogens is 1. The first-order chi connectivity index (χ1) is 15.5. The van der Waals surface area contributed by atoms with Crippen LogP contribution < -0.4 is 11.5 Å². The molecule has 0 aliphatic carbocycles. The molecule has 2 heterocycles. The van der Waals surface area contributed by atoms with E-state index in [0.717, 1.165) is 16.5 Å². The van der Waals surface area contributed by atoms with Gasteiger partial charge in [-0.05, 0) is 11.6 Å². The number of fused-ring (bicyclic) bond motifs is 1. The summed E-state index contributed by atoms with van der Waals surface area (Å²) in [6.07, 6.45) is -4.97. The predicted molar refractivity (Wildman–Crippen MR) is 113 cm³/mol. The van der Waals surface area contributed by atoms with Gasteiger partial charge in [-0.15, -0.1) is 0 Å². The fourth-order valence-electron chi connectivity index (χ4n) is 4.08. The van der Waals surface area contributed by atoms with E-state index in [4.69, 9.17) is 20.9 Å². The number of esters is 1. The Labute approximate surface area is 188 Å². The average Bonchev–Trinajstić information content (AvgIpc) is 3.14. The molecule has 182 valence electrons. The van der Waals surface area contributed by atoms with Crippen LogP contribution >= 0.6 is 0 Å². The van der Waals surface area contributed by atoms with Crippen molar-refractivity contribution >= 4 is 22.8 Å². The van der Waals surface area contributed by atoms with Crippen molar-refractivity contribution in [3.63, 3.8) is 0 Å². The standard InChI is InChI=1S/C21H29N3O9/c22-13(5-10-8-24-14-4-2-1-3-12(10)14)19(28)32-9-11(25)6-16-17(18(23)27)15(26)7-21(31,33-16)20(29)30/h1-4,8,11,13,15-18,24-27,31H,5-7,9,22-23H2,(H,29,30)/t11-,13+,15?,16?,17?,18-,21?/m0/s1. The Kier molecular flexibility index (Phi) is 7.69. The third kappa shape index (κ3) is 5.68. The molecule has 1 aliphatic rings. The monoisotopic (exact) mass is 467 g/mol. The van der Waals surface area contributed by atoms with Gasteiger partial charge in [0.25, 0.3) is 5.79 Å². The number of aromatic amines is 1. The second-order valence-electron chi connectivity index (χ2n) is 8.27. The number of benzene rings is 1. The minimum absolute atomic E-state index is 0.198. The normalized spacial score (nSPS) is 28.2.